The van der Waals surface area contributed by atoms with Crippen molar-refractivity contribution in [1.82, 2.24) is 5.48 Å². The van der Waals surface area contributed by atoms with Gasteiger partial charge in [-0.3, -0.25) is 10.0 Å². The van der Waals surface area contributed by atoms with Crippen molar-refractivity contribution >= 4 is 12.0 Å². The zero-order valence-electron chi connectivity index (χ0n) is 9.36. The minimum atomic E-state index is -0.550. The molecule has 4 nitrogen and oxygen atoms in total. The average molecular weight is 221 g/mol. The van der Waals surface area contributed by atoms with Crippen LogP contribution in [0.4, 0.5) is 0 Å². The highest BCUT2D eigenvalue weighted by molar-refractivity contribution is 5.90. The van der Waals surface area contributed by atoms with E-state index in [0.717, 1.165) is 16.9 Å². The van der Waals surface area contributed by atoms with Crippen molar-refractivity contribution in [3.63, 3.8) is 0 Å². The van der Waals surface area contributed by atoms with Crippen molar-refractivity contribution in [2.24, 2.45) is 0 Å². The molecule has 0 spiro atoms. The maximum atomic E-state index is 10.8. The second kappa shape index (κ2) is 5.92. The third-order valence-corrected chi connectivity index (χ3v) is 2.04. The van der Waals surface area contributed by atoms with Crippen LogP contribution in [0.25, 0.3) is 6.08 Å². The van der Waals surface area contributed by atoms with Crippen molar-refractivity contribution in [2.75, 3.05) is 6.61 Å². The first kappa shape index (κ1) is 12.3. The van der Waals surface area contributed by atoms with Gasteiger partial charge in [-0.1, -0.05) is 6.07 Å². The summed E-state index contributed by atoms with van der Waals surface area (Å²) in [5, 5.41) is 8.31. The summed E-state index contributed by atoms with van der Waals surface area (Å²) in [5.74, 6) is 0.290. The third-order valence-electron chi connectivity index (χ3n) is 2.04. The summed E-state index contributed by atoms with van der Waals surface area (Å²) in [4.78, 5) is 10.8. The van der Waals surface area contributed by atoms with Gasteiger partial charge in [0, 0.05) is 6.08 Å². The number of aryl methyl sites for hydroxylation is 1. The standard InChI is InChI=1S/C12H15NO3/c1-3-16-11-6-4-10(8-9(11)2)5-7-12(14)13-15/h4-8,15H,3H2,1-2H3,(H,13,14)/b7-5+. The number of hydroxylamine groups is 1. The first-order valence-electron chi connectivity index (χ1n) is 5.03. The van der Waals surface area contributed by atoms with E-state index < -0.39 is 5.91 Å². The lowest BCUT2D eigenvalue weighted by Gasteiger charge is -2.07. The third kappa shape index (κ3) is 3.40. The Kier molecular flexibility index (Phi) is 4.54. The van der Waals surface area contributed by atoms with Gasteiger partial charge in [0.25, 0.3) is 5.91 Å². The number of hydrogen-bond donors (Lipinski definition) is 2. The van der Waals surface area contributed by atoms with E-state index in [2.05, 4.69) is 0 Å². The molecule has 0 heterocycles. The fourth-order valence-corrected chi connectivity index (χ4v) is 1.30. The summed E-state index contributed by atoms with van der Waals surface area (Å²) in [7, 11) is 0. The molecular formula is C12H15NO3. The Balaban J connectivity index is 2.81. The number of carbonyl (C=O) groups excluding carboxylic acids is 1. The lowest BCUT2D eigenvalue weighted by atomic mass is 10.1. The number of carbonyl (C=O) groups is 1. The van der Waals surface area contributed by atoms with Gasteiger partial charge in [0.15, 0.2) is 0 Å². The van der Waals surface area contributed by atoms with Crippen molar-refractivity contribution in [1.29, 1.82) is 0 Å². The van der Waals surface area contributed by atoms with E-state index in [1.165, 1.54) is 11.6 Å². The number of nitrogens with one attached hydrogen (secondary N) is 1. The van der Waals surface area contributed by atoms with Crippen LogP contribution in [-0.4, -0.2) is 17.7 Å². The number of amides is 1. The number of hydrogen-bond acceptors (Lipinski definition) is 3. The number of benzene rings is 1. The average Bonchev–Trinajstić information content (AvgIpc) is 2.29. The molecule has 0 saturated carbocycles. The van der Waals surface area contributed by atoms with Crippen LogP contribution in [0.2, 0.25) is 0 Å². The molecule has 0 aliphatic heterocycles. The first-order valence-corrected chi connectivity index (χ1v) is 5.03. The molecule has 0 radical (unpaired) electrons. The van der Waals surface area contributed by atoms with E-state index in [0.29, 0.717) is 6.61 Å². The summed E-state index contributed by atoms with van der Waals surface area (Å²) in [6.45, 7) is 4.50. The van der Waals surface area contributed by atoms with Gasteiger partial charge in [0.1, 0.15) is 5.75 Å². The molecule has 0 aliphatic carbocycles. The van der Waals surface area contributed by atoms with Crippen LogP contribution in [0.1, 0.15) is 18.1 Å². The highest BCUT2D eigenvalue weighted by Crippen LogP contribution is 2.19. The Morgan fingerprint density at radius 3 is 2.88 bits per heavy atom. The van der Waals surface area contributed by atoms with Gasteiger partial charge in [0.05, 0.1) is 6.61 Å². The molecule has 0 atom stereocenters. The molecular weight excluding hydrogens is 206 g/mol. The van der Waals surface area contributed by atoms with Gasteiger partial charge >= 0.3 is 0 Å². The van der Waals surface area contributed by atoms with Gasteiger partial charge in [0.2, 0.25) is 0 Å². The molecule has 4 heteroatoms. The molecule has 2 N–H and O–H groups in total. The monoisotopic (exact) mass is 221 g/mol. The number of ether oxygens (including phenoxy) is 1. The fourth-order valence-electron chi connectivity index (χ4n) is 1.30. The molecule has 86 valence electrons. The molecule has 0 saturated heterocycles. The Morgan fingerprint density at radius 1 is 1.56 bits per heavy atom. The Labute approximate surface area is 94.5 Å². The van der Waals surface area contributed by atoms with Gasteiger partial charge in [-0.15, -0.1) is 0 Å². The molecule has 0 bridgehead atoms. The lowest BCUT2D eigenvalue weighted by Crippen LogP contribution is -2.14. The predicted molar refractivity (Wildman–Crippen MR) is 61.3 cm³/mol. The van der Waals surface area contributed by atoms with E-state index in [9.17, 15) is 4.79 Å². The molecule has 1 aromatic rings. The van der Waals surface area contributed by atoms with Crippen LogP contribution in [0.3, 0.4) is 0 Å². The SMILES string of the molecule is CCOc1ccc(/C=C/C(=O)NO)cc1C. The fraction of sp³-hybridized carbons (Fsp3) is 0.250. The van der Waals surface area contributed by atoms with Gasteiger partial charge in [-0.05, 0) is 43.2 Å². The second-order valence-electron chi connectivity index (χ2n) is 3.27. The minimum absolute atomic E-state index is 0.550. The maximum Gasteiger partial charge on any atom is 0.267 e. The van der Waals surface area contributed by atoms with E-state index >= 15 is 0 Å². The molecule has 1 aromatic carbocycles. The second-order valence-corrected chi connectivity index (χ2v) is 3.27. The highest BCUT2D eigenvalue weighted by atomic mass is 16.5. The van der Waals surface area contributed by atoms with Gasteiger partial charge < -0.3 is 4.74 Å². The molecule has 1 amide bonds. The molecule has 16 heavy (non-hydrogen) atoms. The summed E-state index contributed by atoms with van der Waals surface area (Å²) in [5.41, 5.74) is 3.42. The van der Waals surface area contributed by atoms with Gasteiger partial charge in [-0.25, -0.2) is 5.48 Å². The van der Waals surface area contributed by atoms with Crippen molar-refractivity contribution < 1.29 is 14.7 Å². The smallest absolute Gasteiger partial charge is 0.267 e. The highest BCUT2D eigenvalue weighted by Gasteiger charge is 1.99. The van der Waals surface area contributed by atoms with Crippen LogP contribution >= 0.6 is 0 Å². The molecule has 0 aliphatic rings. The predicted octanol–water partition coefficient (Wildman–Crippen LogP) is 1.91. The molecule has 1 rings (SSSR count). The normalized spacial score (nSPS) is 10.4. The van der Waals surface area contributed by atoms with Crippen LogP contribution in [0.15, 0.2) is 24.3 Å². The lowest BCUT2D eigenvalue weighted by molar-refractivity contribution is -0.124. The van der Waals surface area contributed by atoms with Crippen molar-refractivity contribution in [3.8, 4) is 5.75 Å². The molecule has 0 unspecified atom stereocenters. The van der Waals surface area contributed by atoms with E-state index in [1.807, 2.05) is 32.0 Å². The summed E-state index contributed by atoms with van der Waals surface area (Å²) >= 11 is 0. The van der Waals surface area contributed by atoms with E-state index in [1.54, 1.807) is 6.08 Å². The van der Waals surface area contributed by atoms with E-state index in [4.69, 9.17) is 9.94 Å². The Hall–Kier alpha value is -1.81. The Bertz CT molecular complexity index is 399. The van der Waals surface area contributed by atoms with Crippen LogP contribution in [0, 0.1) is 6.92 Å². The largest absolute Gasteiger partial charge is 0.494 e. The van der Waals surface area contributed by atoms with Crippen molar-refractivity contribution in [2.45, 2.75) is 13.8 Å². The van der Waals surface area contributed by atoms with Crippen LogP contribution in [-0.2, 0) is 4.79 Å². The van der Waals surface area contributed by atoms with E-state index in [-0.39, 0.29) is 0 Å². The van der Waals surface area contributed by atoms with Crippen molar-refractivity contribution in [3.05, 3.63) is 35.4 Å². The summed E-state index contributed by atoms with van der Waals surface area (Å²) in [6, 6.07) is 5.61. The van der Waals surface area contributed by atoms with Crippen LogP contribution < -0.4 is 10.2 Å². The molecule has 0 fully saturated rings. The van der Waals surface area contributed by atoms with Gasteiger partial charge in [-0.2, -0.15) is 0 Å². The zero-order valence-corrected chi connectivity index (χ0v) is 9.36. The van der Waals surface area contributed by atoms with Crippen LogP contribution in [0.5, 0.6) is 5.75 Å². The summed E-state index contributed by atoms with van der Waals surface area (Å²) < 4.78 is 5.40. The molecule has 0 aromatic heterocycles. The Morgan fingerprint density at radius 2 is 2.31 bits per heavy atom. The topological polar surface area (TPSA) is 58.6 Å². The minimum Gasteiger partial charge on any atom is -0.494 e. The quantitative estimate of drug-likeness (QED) is 0.464. The maximum absolute atomic E-state index is 10.8. The zero-order chi connectivity index (χ0) is 12.0. The summed E-state index contributed by atoms with van der Waals surface area (Å²) in [6.07, 6.45) is 2.88. The first-order chi connectivity index (χ1) is 7.67. The number of rotatable bonds is 4.